The second kappa shape index (κ2) is 10.7. The lowest BCUT2D eigenvalue weighted by molar-refractivity contribution is -0.147. The molecule has 1 heterocycles. The Morgan fingerprint density at radius 2 is 1.68 bits per heavy atom. The fourth-order valence-electron chi connectivity index (χ4n) is 4.29. The molecule has 1 N–H and O–H groups in total. The number of sulfonamides is 1. The first kappa shape index (κ1) is 29.8. The molecule has 218 valence electrons. The molecular weight excluding hydrogens is 575 g/mol. The Morgan fingerprint density at radius 1 is 1.00 bits per heavy atom. The fourth-order valence-corrected chi connectivity index (χ4v) is 5.77. The Kier molecular flexibility index (Phi) is 7.74. The number of aliphatic carboxylic acids is 1. The summed E-state index contributed by atoms with van der Waals surface area (Å²) in [4.78, 5) is 25.4. The van der Waals surface area contributed by atoms with Crippen LogP contribution < -0.4 is 9.04 Å². The van der Waals surface area contributed by atoms with E-state index in [1.807, 2.05) is 0 Å². The molecule has 0 aliphatic carbocycles. The van der Waals surface area contributed by atoms with Crippen LogP contribution in [0.2, 0.25) is 0 Å². The smallest absolute Gasteiger partial charge is 0.416 e. The van der Waals surface area contributed by atoms with Gasteiger partial charge >= 0.3 is 18.8 Å². The van der Waals surface area contributed by atoms with E-state index in [-0.39, 0.29) is 28.1 Å². The summed E-state index contributed by atoms with van der Waals surface area (Å²) in [6.07, 6.45) is -4.85. The van der Waals surface area contributed by atoms with Crippen LogP contribution in [0.25, 0.3) is 11.1 Å². The molecule has 41 heavy (non-hydrogen) atoms. The standard InChI is InChI=1S/C27H23F5N2O6S/c1-26(2,24(36)37)14-33-15-34(41(38,39)18-7-5-6-17(13-18)27(30,31)32)21-12-16(10-11-20(21)23(33)35)19-8-3-4-9-22(19)40-25(28)29/h3-13,25H,14-15H2,1-2H3,(H,36,37). The van der Waals surface area contributed by atoms with Gasteiger partial charge in [-0.1, -0.05) is 30.3 Å². The summed E-state index contributed by atoms with van der Waals surface area (Å²) < 4.78 is 99.1. The van der Waals surface area contributed by atoms with Crippen molar-refractivity contribution < 1.29 is 49.8 Å². The van der Waals surface area contributed by atoms with E-state index in [4.69, 9.17) is 0 Å². The highest BCUT2D eigenvalue weighted by Crippen LogP contribution is 2.40. The maximum Gasteiger partial charge on any atom is 0.416 e. The average Bonchev–Trinajstić information content (AvgIpc) is 2.89. The van der Waals surface area contributed by atoms with Crippen LogP contribution in [-0.2, 0) is 21.0 Å². The number of amides is 1. The van der Waals surface area contributed by atoms with Crippen molar-refractivity contribution in [1.82, 2.24) is 4.90 Å². The number of carbonyl (C=O) groups excluding carboxylic acids is 1. The molecule has 8 nitrogen and oxygen atoms in total. The summed E-state index contributed by atoms with van der Waals surface area (Å²) in [5, 5.41) is 9.57. The minimum atomic E-state index is -4.85. The number of carbonyl (C=O) groups is 2. The number of anilines is 1. The van der Waals surface area contributed by atoms with E-state index in [0.29, 0.717) is 16.4 Å². The normalized spacial score (nSPS) is 14.3. The lowest BCUT2D eigenvalue weighted by atomic mass is 9.92. The molecule has 0 bridgehead atoms. The van der Waals surface area contributed by atoms with Gasteiger partial charge < -0.3 is 14.7 Å². The Labute approximate surface area is 231 Å². The molecule has 3 aromatic rings. The molecule has 0 saturated carbocycles. The number of rotatable bonds is 8. The third-order valence-electron chi connectivity index (χ3n) is 6.41. The number of halogens is 5. The Hall–Kier alpha value is -4.20. The highest BCUT2D eigenvalue weighted by atomic mass is 32.2. The quantitative estimate of drug-likeness (QED) is 0.334. The summed E-state index contributed by atoms with van der Waals surface area (Å²) in [7, 11) is -4.78. The van der Waals surface area contributed by atoms with Crippen molar-refractivity contribution in [1.29, 1.82) is 0 Å². The summed E-state index contributed by atoms with van der Waals surface area (Å²) in [5.41, 5.74) is -2.84. The molecule has 14 heteroatoms. The van der Waals surface area contributed by atoms with E-state index in [9.17, 15) is 45.1 Å². The fraction of sp³-hybridized carbons (Fsp3) is 0.259. The predicted octanol–water partition coefficient (Wildman–Crippen LogP) is 5.69. The molecule has 0 aromatic heterocycles. The van der Waals surface area contributed by atoms with Gasteiger partial charge in [0.15, 0.2) is 0 Å². The molecule has 0 atom stereocenters. The third kappa shape index (κ3) is 5.97. The van der Waals surface area contributed by atoms with Crippen molar-refractivity contribution in [2.75, 3.05) is 17.5 Å². The number of alkyl halides is 5. The Balaban J connectivity index is 1.90. The number of ether oxygens (including phenoxy) is 1. The van der Waals surface area contributed by atoms with Crippen molar-refractivity contribution in [2.45, 2.75) is 31.5 Å². The van der Waals surface area contributed by atoms with Gasteiger partial charge in [0.2, 0.25) is 0 Å². The van der Waals surface area contributed by atoms with Crippen LogP contribution in [-0.4, -0.2) is 50.1 Å². The number of hydrogen-bond donors (Lipinski definition) is 1. The highest BCUT2D eigenvalue weighted by molar-refractivity contribution is 7.92. The molecule has 0 radical (unpaired) electrons. The number of hydrogen-bond acceptors (Lipinski definition) is 5. The van der Waals surface area contributed by atoms with Gasteiger partial charge in [-0.15, -0.1) is 0 Å². The van der Waals surface area contributed by atoms with Crippen LogP contribution in [0, 0.1) is 5.41 Å². The van der Waals surface area contributed by atoms with Crippen LogP contribution in [0.3, 0.4) is 0 Å². The first-order valence-corrected chi connectivity index (χ1v) is 13.4. The van der Waals surface area contributed by atoms with Gasteiger partial charge in [0.1, 0.15) is 12.4 Å². The first-order chi connectivity index (χ1) is 19.0. The molecule has 0 spiro atoms. The van der Waals surface area contributed by atoms with Gasteiger partial charge in [-0.05, 0) is 55.8 Å². The molecule has 1 aliphatic heterocycles. The van der Waals surface area contributed by atoms with Gasteiger partial charge in [0.25, 0.3) is 15.9 Å². The van der Waals surface area contributed by atoms with E-state index < -0.39 is 63.8 Å². The van der Waals surface area contributed by atoms with Gasteiger partial charge in [0.05, 0.1) is 27.1 Å². The van der Waals surface area contributed by atoms with E-state index in [1.165, 1.54) is 56.3 Å². The Bertz CT molecular complexity index is 1610. The summed E-state index contributed by atoms with van der Waals surface area (Å²) >= 11 is 0. The predicted molar refractivity (Wildman–Crippen MR) is 137 cm³/mol. The molecule has 4 rings (SSSR count). The number of benzene rings is 3. The van der Waals surface area contributed by atoms with Crippen molar-refractivity contribution in [2.24, 2.45) is 5.41 Å². The topological polar surface area (TPSA) is 104 Å². The monoisotopic (exact) mass is 598 g/mol. The van der Waals surface area contributed by atoms with Gasteiger partial charge in [-0.3, -0.25) is 9.59 Å². The highest BCUT2D eigenvalue weighted by Gasteiger charge is 2.41. The number of para-hydroxylation sites is 1. The number of carboxylic acid groups (broad SMARTS) is 1. The van der Waals surface area contributed by atoms with Gasteiger partial charge in [-0.2, -0.15) is 22.0 Å². The maximum atomic E-state index is 13.8. The zero-order valence-corrected chi connectivity index (χ0v) is 22.3. The lowest BCUT2D eigenvalue weighted by Gasteiger charge is -2.39. The van der Waals surface area contributed by atoms with E-state index in [1.54, 1.807) is 0 Å². The maximum absolute atomic E-state index is 13.8. The zero-order chi connectivity index (χ0) is 30.3. The van der Waals surface area contributed by atoms with Crippen LogP contribution in [0.15, 0.2) is 71.6 Å². The minimum Gasteiger partial charge on any atom is -0.481 e. The molecule has 0 fully saturated rings. The van der Waals surface area contributed by atoms with E-state index >= 15 is 0 Å². The van der Waals surface area contributed by atoms with Gasteiger partial charge in [0, 0.05) is 12.1 Å². The van der Waals surface area contributed by atoms with Crippen molar-refractivity contribution in [3.05, 3.63) is 77.9 Å². The lowest BCUT2D eigenvalue weighted by Crippen LogP contribution is -2.52. The summed E-state index contributed by atoms with van der Waals surface area (Å²) in [6, 6.07) is 12.5. The van der Waals surface area contributed by atoms with Crippen LogP contribution in [0.4, 0.5) is 27.6 Å². The van der Waals surface area contributed by atoms with Crippen LogP contribution in [0.5, 0.6) is 5.75 Å². The average molecular weight is 599 g/mol. The summed E-state index contributed by atoms with van der Waals surface area (Å²) in [5.74, 6) is -2.23. The molecule has 1 amide bonds. The Morgan fingerprint density at radius 3 is 2.32 bits per heavy atom. The van der Waals surface area contributed by atoms with Crippen molar-refractivity contribution in [3.63, 3.8) is 0 Å². The second-order valence-corrected chi connectivity index (χ2v) is 11.7. The molecule has 3 aromatic carbocycles. The van der Waals surface area contributed by atoms with Crippen molar-refractivity contribution >= 4 is 27.6 Å². The van der Waals surface area contributed by atoms with Crippen molar-refractivity contribution in [3.8, 4) is 16.9 Å². The largest absolute Gasteiger partial charge is 0.481 e. The van der Waals surface area contributed by atoms with E-state index in [0.717, 1.165) is 17.0 Å². The third-order valence-corrected chi connectivity index (χ3v) is 8.15. The second-order valence-electron chi connectivity index (χ2n) is 9.82. The molecular formula is C27H23F5N2O6S. The van der Waals surface area contributed by atoms with E-state index in [2.05, 4.69) is 4.74 Å². The number of carboxylic acids is 1. The molecule has 0 saturated heterocycles. The SMILES string of the molecule is CC(C)(CN1CN(S(=O)(=O)c2cccc(C(F)(F)F)c2)c2cc(-c3ccccc3OC(F)F)ccc2C1=O)C(=O)O. The zero-order valence-electron chi connectivity index (χ0n) is 21.5. The number of fused-ring (bicyclic) bond motifs is 1. The number of nitrogens with zero attached hydrogens (tertiary/aromatic N) is 2. The van der Waals surface area contributed by atoms with Crippen LogP contribution in [0.1, 0.15) is 29.8 Å². The minimum absolute atomic E-state index is 0.133. The van der Waals surface area contributed by atoms with Gasteiger partial charge in [-0.25, -0.2) is 12.7 Å². The molecule has 1 aliphatic rings. The first-order valence-electron chi connectivity index (χ1n) is 11.9. The summed E-state index contributed by atoms with van der Waals surface area (Å²) in [6.45, 7) is -1.67. The molecule has 0 unspecified atom stereocenters. The van der Waals surface area contributed by atoms with Crippen LogP contribution >= 0.6 is 0 Å².